The largest absolute Gasteiger partial charge is 0.370 e. The van der Waals surface area contributed by atoms with Crippen molar-refractivity contribution in [3.8, 4) is 0 Å². The van der Waals surface area contributed by atoms with Gasteiger partial charge in [-0.15, -0.1) is 24.0 Å². The van der Waals surface area contributed by atoms with Crippen LogP contribution < -0.4 is 16.4 Å². The predicted octanol–water partition coefficient (Wildman–Crippen LogP) is 1.15. The van der Waals surface area contributed by atoms with E-state index in [9.17, 15) is 9.59 Å². The van der Waals surface area contributed by atoms with Crippen molar-refractivity contribution in [2.24, 2.45) is 10.7 Å². The molecule has 1 fully saturated rings. The van der Waals surface area contributed by atoms with Crippen molar-refractivity contribution in [2.75, 3.05) is 25.0 Å². The van der Waals surface area contributed by atoms with Crippen molar-refractivity contribution in [3.63, 3.8) is 0 Å². The molecule has 0 unspecified atom stereocenters. The number of urea groups is 1. The third-order valence-corrected chi connectivity index (χ3v) is 3.15. The van der Waals surface area contributed by atoms with E-state index in [0.29, 0.717) is 0 Å². The number of nitrogens with one attached hydrogen (secondary N) is 2. The van der Waals surface area contributed by atoms with E-state index in [4.69, 9.17) is 5.73 Å². The Morgan fingerprint density at radius 2 is 2.23 bits per heavy atom. The summed E-state index contributed by atoms with van der Waals surface area (Å²) in [7, 11) is 0. The summed E-state index contributed by atoms with van der Waals surface area (Å²) in [5.74, 6) is 0.0210. The van der Waals surface area contributed by atoms with E-state index in [2.05, 4.69) is 22.5 Å². The number of amides is 3. The number of rotatable bonds is 5. The topological polar surface area (TPSA) is 99.8 Å². The lowest BCUT2D eigenvalue weighted by Gasteiger charge is -2.11. The number of anilines is 1. The van der Waals surface area contributed by atoms with Crippen LogP contribution in [0.5, 0.6) is 0 Å². The normalized spacial score (nSPS) is 14.6. The van der Waals surface area contributed by atoms with Crippen LogP contribution in [0.25, 0.3) is 0 Å². The molecule has 8 heteroatoms. The summed E-state index contributed by atoms with van der Waals surface area (Å²) >= 11 is 0. The van der Waals surface area contributed by atoms with Crippen molar-refractivity contribution < 1.29 is 9.59 Å². The highest BCUT2D eigenvalue weighted by Crippen LogP contribution is 2.10. The van der Waals surface area contributed by atoms with Crippen LogP contribution in [0.4, 0.5) is 10.5 Å². The molecule has 120 valence electrons. The van der Waals surface area contributed by atoms with Gasteiger partial charge in [0.05, 0.1) is 19.6 Å². The van der Waals surface area contributed by atoms with E-state index in [-0.39, 0.29) is 61.5 Å². The van der Waals surface area contributed by atoms with E-state index in [1.54, 1.807) is 0 Å². The lowest BCUT2D eigenvalue weighted by molar-refractivity contribution is -0.124. The molecule has 0 bridgehead atoms. The second kappa shape index (κ2) is 8.57. The first-order chi connectivity index (χ1) is 10.1. The van der Waals surface area contributed by atoms with E-state index in [1.807, 2.05) is 24.3 Å². The third-order valence-electron chi connectivity index (χ3n) is 3.15. The number of aliphatic imine (C=N–C) groups is 1. The molecular formula is C14H20IN5O2. The number of benzene rings is 1. The van der Waals surface area contributed by atoms with Gasteiger partial charge in [-0.1, -0.05) is 19.1 Å². The van der Waals surface area contributed by atoms with Crippen LogP contribution in [0, 0.1) is 0 Å². The standard InChI is InChI=1S/C14H19N5O2.HI/c1-2-10-4-3-5-11(8-10)18-13(15)16-6-7-19-12(20)9-17-14(19)21;/h3-5,8H,2,6-7,9H2,1H3,(H,17,21)(H3,15,16,18);1H. The van der Waals surface area contributed by atoms with E-state index in [1.165, 1.54) is 5.56 Å². The fraction of sp³-hybridized carbons (Fsp3) is 0.357. The third kappa shape index (κ3) is 4.86. The Hall–Kier alpha value is -1.84. The zero-order valence-electron chi connectivity index (χ0n) is 12.3. The van der Waals surface area contributed by atoms with E-state index in [0.717, 1.165) is 17.0 Å². The summed E-state index contributed by atoms with van der Waals surface area (Å²) in [5.41, 5.74) is 7.85. The van der Waals surface area contributed by atoms with Gasteiger partial charge in [0.25, 0.3) is 0 Å². The number of hydrogen-bond donors (Lipinski definition) is 3. The molecule has 3 amide bonds. The maximum absolute atomic E-state index is 11.4. The minimum absolute atomic E-state index is 0. The van der Waals surface area contributed by atoms with Crippen molar-refractivity contribution >= 4 is 47.6 Å². The summed E-state index contributed by atoms with van der Waals surface area (Å²) < 4.78 is 0. The summed E-state index contributed by atoms with van der Waals surface area (Å²) in [6.45, 7) is 2.63. The maximum atomic E-state index is 11.4. The van der Waals surface area contributed by atoms with Crippen molar-refractivity contribution in [1.82, 2.24) is 10.2 Å². The summed E-state index contributed by atoms with van der Waals surface area (Å²) in [4.78, 5) is 27.9. The number of hydrogen-bond acceptors (Lipinski definition) is 3. The Balaban J connectivity index is 0.00000242. The van der Waals surface area contributed by atoms with Gasteiger partial charge < -0.3 is 16.4 Å². The molecule has 0 spiro atoms. The summed E-state index contributed by atoms with van der Waals surface area (Å²) in [6, 6.07) is 7.51. The Labute approximate surface area is 146 Å². The Bertz CT molecular complexity index is 560. The van der Waals surface area contributed by atoms with Gasteiger partial charge >= 0.3 is 6.03 Å². The number of guanidine groups is 1. The highest BCUT2D eigenvalue weighted by atomic mass is 127. The zero-order valence-corrected chi connectivity index (χ0v) is 14.7. The molecule has 1 aromatic carbocycles. The number of carbonyl (C=O) groups excluding carboxylic acids is 2. The van der Waals surface area contributed by atoms with Crippen LogP contribution in [0.2, 0.25) is 0 Å². The van der Waals surface area contributed by atoms with Gasteiger partial charge in [-0.2, -0.15) is 0 Å². The minimum Gasteiger partial charge on any atom is -0.370 e. The molecule has 1 aromatic rings. The quantitative estimate of drug-likeness (QED) is 0.290. The van der Waals surface area contributed by atoms with Gasteiger partial charge in [0.1, 0.15) is 0 Å². The van der Waals surface area contributed by atoms with Gasteiger partial charge in [-0.3, -0.25) is 14.7 Å². The zero-order chi connectivity index (χ0) is 15.2. The molecule has 1 saturated heterocycles. The van der Waals surface area contributed by atoms with E-state index >= 15 is 0 Å². The van der Waals surface area contributed by atoms with Gasteiger partial charge in [0, 0.05) is 5.69 Å². The van der Waals surface area contributed by atoms with Crippen LogP contribution in [0.15, 0.2) is 29.3 Å². The molecule has 1 aliphatic heterocycles. The molecule has 0 radical (unpaired) electrons. The fourth-order valence-corrected chi connectivity index (χ4v) is 2.01. The lowest BCUT2D eigenvalue weighted by atomic mass is 10.1. The highest BCUT2D eigenvalue weighted by molar-refractivity contribution is 14.0. The number of nitrogens with two attached hydrogens (primary N) is 1. The molecule has 2 rings (SSSR count). The van der Waals surface area contributed by atoms with Crippen LogP contribution in [-0.2, 0) is 11.2 Å². The SMILES string of the molecule is CCc1cccc(NC(N)=NCCN2C(=O)CNC2=O)c1.I. The lowest BCUT2D eigenvalue weighted by Crippen LogP contribution is -2.34. The highest BCUT2D eigenvalue weighted by Gasteiger charge is 2.27. The van der Waals surface area contributed by atoms with Gasteiger partial charge in [-0.05, 0) is 24.1 Å². The van der Waals surface area contributed by atoms with Crippen molar-refractivity contribution in [1.29, 1.82) is 0 Å². The molecule has 0 aromatic heterocycles. The van der Waals surface area contributed by atoms with Crippen LogP contribution >= 0.6 is 24.0 Å². The van der Waals surface area contributed by atoms with Gasteiger partial charge in [-0.25, -0.2) is 4.79 Å². The Morgan fingerprint density at radius 3 is 2.86 bits per heavy atom. The number of imide groups is 1. The van der Waals surface area contributed by atoms with Gasteiger partial charge in [0.15, 0.2) is 5.96 Å². The molecule has 4 N–H and O–H groups in total. The number of nitrogens with zero attached hydrogens (tertiary/aromatic N) is 2. The summed E-state index contributed by atoms with van der Waals surface area (Å²) in [5, 5.41) is 5.44. The molecule has 1 aliphatic rings. The molecule has 0 saturated carbocycles. The molecular weight excluding hydrogens is 397 g/mol. The van der Waals surface area contributed by atoms with Gasteiger partial charge in [0.2, 0.25) is 5.91 Å². The maximum Gasteiger partial charge on any atom is 0.324 e. The monoisotopic (exact) mass is 417 g/mol. The van der Waals surface area contributed by atoms with Crippen molar-refractivity contribution in [2.45, 2.75) is 13.3 Å². The first kappa shape index (κ1) is 18.2. The smallest absolute Gasteiger partial charge is 0.324 e. The minimum atomic E-state index is -0.377. The molecule has 7 nitrogen and oxygen atoms in total. The Kier molecular flexibility index (Phi) is 7.09. The van der Waals surface area contributed by atoms with E-state index < -0.39 is 0 Å². The number of aryl methyl sites for hydroxylation is 1. The van der Waals surface area contributed by atoms with Crippen LogP contribution in [-0.4, -0.2) is 42.4 Å². The van der Waals surface area contributed by atoms with Crippen LogP contribution in [0.3, 0.4) is 0 Å². The molecule has 0 atom stereocenters. The predicted molar refractivity (Wildman–Crippen MR) is 96.5 cm³/mol. The fourth-order valence-electron chi connectivity index (χ4n) is 2.01. The first-order valence-electron chi connectivity index (χ1n) is 6.84. The molecule has 1 heterocycles. The molecule has 0 aliphatic carbocycles. The first-order valence-corrected chi connectivity index (χ1v) is 6.84. The van der Waals surface area contributed by atoms with Crippen molar-refractivity contribution in [3.05, 3.63) is 29.8 Å². The second-order valence-electron chi connectivity index (χ2n) is 4.65. The molecule has 22 heavy (non-hydrogen) atoms. The van der Waals surface area contributed by atoms with Crippen LogP contribution in [0.1, 0.15) is 12.5 Å². The Morgan fingerprint density at radius 1 is 1.45 bits per heavy atom. The number of halogens is 1. The second-order valence-corrected chi connectivity index (χ2v) is 4.65. The number of carbonyl (C=O) groups is 2. The average Bonchev–Trinajstić information content (AvgIpc) is 2.79. The average molecular weight is 417 g/mol. The summed E-state index contributed by atoms with van der Waals surface area (Å²) in [6.07, 6.45) is 0.943.